The summed E-state index contributed by atoms with van der Waals surface area (Å²) in [6.45, 7) is 9.53. The van der Waals surface area contributed by atoms with E-state index in [1.807, 2.05) is 29.2 Å². The Morgan fingerprint density at radius 3 is 2.33 bits per heavy atom. The van der Waals surface area contributed by atoms with E-state index in [1.165, 1.54) is 16.0 Å². The number of amides is 2. The molecule has 0 unspecified atom stereocenters. The predicted octanol–water partition coefficient (Wildman–Crippen LogP) is 2.48. The number of nitrogens with zero attached hydrogens (tertiary/aromatic N) is 2. The van der Waals surface area contributed by atoms with Crippen molar-refractivity contribution in [3.05, 3.63) is 65.2 Å². The molecule has 2 aliphatic rings. The second-order valence-corrected chi connectivity index (χ2v) is 8.78. The van der Waals surface area contributed by atoms with Gasteiger partial charge in [-0.3, -0.25) is 9.59 Å². The number of nitrogens with one attached hydrogen (secondary N) is 1. The van der Waals surface area contributed by atoms with Crippen molar-refractivity contribution in [3.63, 3.8) is 0 Å². The minimum Gasteiger partial charge on any atom is -0.328 e. The van der Waals surface area contributed by atoms with Gasteiger partial charge in [-0.2, -0.15) is 0 Å². The second-order valence-electron chi connectivity index (χ2n) is 8.78. The maximum absolute atomic E-state index is 13.2. The highest BCUT2D eigenvalue weighted by molar-refractivity contribution is 6.05. The Morgan fingerprint density at radius 2 is 1.70 bits per heavy atom. The summed E-state index contributed by atoms with van der Waals surface area (Å²) < 4.78 is 0. The first-order chi connectivity index (χ1) is 14.5. The molecule has 4 rings (SSSR count). The zero-order valence-corrected chi connectivity index (χ0v) is 18.1. The first-order valence-corrected chi connectivity index (χ1v) is 11.1. The average Bonchev–Trinajstić information content (AvgIpc) is 3.20. The van der Waals surface area contributed by atoms with Crippen LogP contribution < -0.4 is 9.80 Å². The Hall–Kier alpha value is -2.66. The molecule has 0 atom stereocenters. The van der Waals surface area contributed by atoms with Crippen molar-refractivity contribution in [2.45, 2.75) is 39.2 Å². The zero-order chi connectivity index (χ0) is 21.1. The van der Waals surface area contributed by atoms with E-state index in [-0.39, 0.29) is 11.8 Å². The number of carbonyl (C=O) groups excluding carboxylic acids is 2. The molecule has 1 N–H and O–H groups in total. The fourth-order valence-electron chi connectivity index (χ4n) is 4.47. The number of rotatable bonds is 5. The first kappa shape index (κ1) is 20.6. The fraction of sp³-hybridized carbons (Fsp3) is 0.440. The van der Waals surface area contributed by atoms with Crippen LogP contribution in [0.5, 0.6) is 0 Å². The summed E-state index contributed by atoms with van der Waals surface area (Å²) in [7, 11) is 0. The maximum atomic E-state index is 13.2. The third kappa shape index (κ3) is 4.41. The number of benzene rings is 2. The Labute approximate surface area is 179 Å². The highest BCUT2D eigenvalue weighted by atomic mass is 16.2. The summed E-state index contributed by atoms with van der Waals surface area (Å²) in [4.78, 5) is 30.7. The highest BCUT2D eigenvalue weighted by Gasteiger charge is 2.29. The van der Waals surface area contributed by atoms with E-state index < -0.39 is 0 Å². The third-order valence-corrected chi connectivity index (χ3v) is 6.36. The van der Waals surface area contributed by atoms with Gasteiger partial charge in [0.2, 0.25) is 5.91 Å². The Morgan fingerprint density at radius 1 is 1.00 bits per heavy atom. The SMILES string of the molecule is CC(C)c1ccc(C[NH+]2CCN(C(=O)c3ccccc3N3CCCC3=O)CC2)cc1. The van der Waals surface area contributed by atoms with Crippen LogP contribution in [0.25, 0.3) is 0 Å². The van der Waals surface area contributed by atoms with Crippen molar-refractivity contribution >= 4 is 17.5 Å². The minimum atomic E-state index is 0.0469. The lowest BCUT2D eigenvalue weighted by molar-refractivity contribution is -0.917. The Balaban J connectivity index is 1.37. The number of quaternary nitrogens is 1. The van der Waals surface area contributed by atoms with Crippen LogP contribution in [0.4, 0.5) is 5.69 Å². The van der Waals surface area contributed by atoms with Crippen LogP contribution in [0.15, 0.2) is 48.5 Å². The first-order valence-electron chi connectivity index (χ1n) is 11.1. The van der Waals surface area contributed by atoms with Crippen LogP contribution in [0.3, 0.4) is 0 Å². The smallest absolute Gasteiger partial charge is 0.256 e. The van der Waals surface area contributed by atoms with E-state index in [1.54, 1.807) is 4.90 Å². The summed E-state index contributed by atoms with van der Waals surface area (Å²) in [6, 6.07) is 16.5. The predicted molar refractivity (Wildman–Crippen MR) is 119 cm³/mol. The van der Waals surface area contributed by atoms with Crippen LogP contribution in [-0.2, 0) is 11.3 Å². The van der Waals surface area contributed by atoms with Gasteiger partial charge in [-0.05, 0) is 30.0 Å². The molecule has 0 radical (unpaired) electrons. The van der Waals surface area contributed by atoms with E-state index in [4.69, 9.17) is 0 Å². The van der Waals surface area contributed by atoms with E-state index in [2.05, 4.69) is 38.1 Å². The van der Waals surface area contributed by atoms with Crippen LogP contribution >= 0.6 is 0 Å². The lowest BCUT2D eigenvalue weighted by atomic mass is 10.0. The van der Waals surface area contributed by atoms with Gasteiger partial charge in [0.15, 0.2) is 0 Å². The topological polar surface area (TPSA) is 45.1 Å². The van der Waals surface area contributed by atoms with Crippen LogP contribution in [-0.4, -0.2) is 49.4 Å². The number of anilines is 1. The quantitative estimate of drug-likeness (QED) is 0.829. The number of para-hydroxylation sites is 1. The molecule has 5 heteroatoms. The molecule has 2 aromatic carbocycles. The highest BCUT2D eigenvalue weighted by Crippen LogP contribution is 2.26. The largest absolute Gasteiger partial charge is 0.328 e. The average molecular weight is 407 g/mol. The van der Waals surface area contributed by atoms with Crippen molar-refractivity contribution in [1.29, 1.82) is 0 Å². The van der Waals surface area contributed by atoms with Crippen molar-refractivity contribution in [3.8, 4) is 0 Å². The summed E-state index contributed by atoms with van der Waals surface area (Å²) in [5.41, 5.74) is 4.15. The molecular weight excluding hydrogens is 374 g/mol. The fourth-order valence-corrected chi connectivity index (χ4v) is 4.47. The van der Waals surface area contributed by atoms with Gasteiger partial charge in [0.1, 0.15) is 6.54 Å². The molecule has 0 saturated carbocycles. The molecule has 2 aliphatic heterocycles. The molecule has 0 bridgehead atoms. The summed E-state index contributed by atoms with van der Waals surface area (Å²) in [6.07, 6.45) is 1.43. The number of hydrogen-bond donors (Lipinski definition) is 1. The minimum absolute atomic E-state index is 0.0469. The number of carbonyl (C=O) groups is 2. The second kappa shape index (κ2) is 9.00. The summed E-state index contributed by atoms with van der Waals surface area (Å²) >= 11 is 0. The van der Waals surface area contributed by atoms with Crippen LogP contribution in [0.2, 0.25) is 0 Å². The van der Waals surface area contributed by atoms with Gasteiger partial charge in [-0.1, -0.05) is 50.2 Å². The van der Waals surface area contributed by atoms with Gasteiger partial charge < -0.3 is 14.7 Å². The monoisotopic (exact) mass is 406 g/mol. The van der Waals surface area contributed by atoms with Crippen LogP contribution in [0.1, 0.15) is 54.1 Å². The maximum Gasteiger partial charge on any atom is 0.256 e. The van der Waals surface area contributed by atoms with Gasteiger partial charge in [-0.25, -0.2) is 0 Å². The molecule has 2 saturated heterocycles. The van der Waals surface area contributed by atoms with E-state index in [0.29, 0.717) is 24.4 Å². The van der Waals surface area contributed by atoms with Gasteiger partial charge in [0.25, 0.3) is 5.91 Å². The Kier molecular flexibility index (Phi) is 6.18. The normalized spacial score (nSPS) is 17.8. The van der Waals surface area contributed by atoms with E-state index in [0.717, 1.165) is 44.8 Å². The van der Waals surface area contributed by atoms with Crippen molar-refractivity contribution in [2.75, 3.05) is 37.6 Å². The molecule has 30 heavy (non-hydrogen) atoms. The van der Waals surface area contributed by atoms with E-state index in [9.17, 15) is 9.59 Å². The van der Waals surface area contributed by atoms with Gasteiger partial charge in [0, 0.05) is 18.5 Å². The molecule has 2 fully saturated rings. The van der Waals surface area contributed by atoms with Crippen molar-refractivity contribution in [2.24, 2.45) is 0 Å². The van der Waals surface area contributed by atoms with Crippen molar-refractivity contribution in [1.82, 2.24) is 4.90 Å². The zero-order valence-electron chi connectivity index (χ0n) is 18.1. The molecule has 2 heterocycles. The third-order valence-electron chi connectivity index (χ3n) is 6.36. The summed E-state index contributed by atoms with van der Waals surface area (Å²) in [5.74, 6) is 0.721. The number of piperazine rings is 1. The van der Waals surface area contributed by atoms with Gasteiger partial charge in [-0.15, -0.1) is 0 Å². The lowest BCUT2D eigenvalue weighted by Crippen LogP contribution is -3.13. The molecule has 158 valence electrons. The van der Waals surface area contributed by atoms with Crippen LogP contribution in [0, 0.1) is 0 Å². The molecule has 2 amide bonds. The molecular formula is C25H32N3O2+. The molecule has 0 spiro atoms. The molecule has 5 nitrogen and oxygen atoms in total. The molecule has 0 aliphatic carbocycles. The molecule has 2 aromatic rings. The van der Waals surface area contributed by atoms with Gasteiger partial charge >= 0.3 is 0 Å². The Bertz CT molecular complexity index is 899. The van der Waals surface area contributed by atoms with Crippen molar-refractivity contribution < 1.29 is 14.5 Å². The number of hydrogen-bond acceptors (Lipinski definition) is 2. The van der Waals surface area contributed by atoms with Gasteiger partial charge in [0.05, 0.1) is 37.4 Å². The van der Waals surface area contributed by atoms with E-state index >= 15 is 0 Å². The lowest BCUT2D eigenvalue weighted by Gasteiger charge is -2.33. The standard InChI is InChI=1S/C25H31N3O2/c1-19(2)21-11-9-20(10-12-21)18-26-14-16-27(17-15-26)25(30)22-6-3-4-7-23(22)28-13-5-8-24(28)29/h3-4,6-7,9-12,19H,5,8,13-18H2,1-2H3/p+1. The molecule has 0 aromatic heterocycles. The summed E-state index contributed by atoms with van der Waals surface area (Å²) in [5, 5.41) is 0.